The number of likely N-dealkylation sites (tertiary alicyclic amines) is 1. The van der Waals surface area contributed by atoms with E-state index < -0.39 is 0 Å². The zero-order valence-electron chi connectivity index (χ0n) is 17.5. The Bertz CT molecular complexity index is 1060. The van der Waals surface area contributed by atoms with Crippen molar-refractivity contribution in [2.75, 3.05) is 19.6 Å². The summed E-state index contributed by atoms with van der Waals surface area (Å²) < 4.78 is 0. The second-order valence-corrected chi connectivity index (χ2v) is 8.57. The lowest BCUT2D eigenvalue weighted by Crippen LogP contribution is -2.34. The third-order valence-corrected chi connectivity index (χ3v) is 6.79. The van der Waals surface area contributed by atoms with E-state index in [1.165, 1.54) is 53.5 Å². The second-order valence-electron chi connectivity index (χ2n) is 8.57. The van der Waals surface area contributed by atoms with Gasteiger partial charge in [-0.3, -0.25) is 0 Å². The predicted molar refractivity (Wildman–Crippen MR) is 126 cm³/mol. The van der Waals surface area contributed by atoms with Crippen molar-refractivity contribution in [3.05, 3.63) is 108 Å². The van der Waals surface area contributed by atoms with E-state index in [1.807, 2.05) is 0 Å². The highest BCUT2D eigenvalue weighted by Crippen LogP contribution is 2.34. The zero-order chi connectivity index (χ0) is 20.2. The summed E-state index contributed by atoms with van der Waals surface area (Å²) in [7, 11) is 0. The average molecular weight is 395 g/mol. The summed E-state index contributed by atoms with van der Waals surface area (Å²) in [5.74, 6) is 1.15. The van der Waals surface area contributed by atoms with Gasteiger partial charge in [0.2, 0.25) is 0 Å². The van der Waals surface area contributed by atoms with Gasteiger partial charge in [0.25, 0.3) is 0 Å². The molecule has 1 N–H and O–H groups in total. The van der Waals surface area contributed by atoms with Gasteiger partial charge in [-0.2, -0.15) is 0 Å². The highest BCUT2D eigenvalue weighted by Gasteiger charge is 2.23. The van der Waals surface area contributed by atoms with E-state index >= 15 is 0 Å². The number of nitrogens with zero attached hydrogens (tertiary/aromatic N) is 1. The molecule has 30 heavy (non-hydrogen) atoms. The van der Waals surface area contributed by atoms with E-state index in [4.69, 9.17) is 0 Å². The molecule has 0 aliphatic carbocycles. The molecule has 2 heteroatoms. The Morgan fingerprint density at radius 2 is 1.47 bits per heavy atom. The topological polar surface area (TPSA) is 19.0 Å². The van der Waals surface area contributed by atoms with Gasteiger partial charge in [0.15, 0.2) is 0 Å². The lowest BCUT2D eigenvalue weighted by atomic mass is 9.87. The molecule has 1 saturated heterocycles. The summed E-state index contributed by atoms with van der Waals surface area (Å²) in [4.78, 5) is 6.16. The predicted octanol–water partition coefficient (Wildman–Crippen LogP) is 6.57. The van der Waals surface area contributed by atoms with E-state index in [-0.39, 0.29) is 0 Å². The number of para-hydroxylation sites is 1. The molecule has 0 bridgehead atoms. The summed E-state index contributed by atoms with van der Waals surface area (Å²) in [6, 6.07) is 30.8. The first-order valence-electron chi connectivity index (χ1n) is 11.3. The second kappa shape index (κ2) is 8.89. The molecule has 0 amide bonds. The number of hydrogen-bond acceptors (Lipinski definition) is 1. The van der Waals surface area contributed by atoms with E-state index in [0.29, 0.717) is 5.92 Å². The van der Waals surface area contributed by atoms with Crippen molar-refractivity contribution in [1.82, 2.24) is 9.88 Å². The number of piperidine rings is 1. The number of rotatable bonds is 6. The van der Waals surface area contributed by atoms with Gasteiger partial charge >= 0.3 is 0 Å². The minimum absolute atomic E-state index is 0.425. The van der Waals surface area contributed by atoms with Gasteiger partial charge in [0, 0.05) is 23.0 Å². The summed E-state index contributed by atoms with van der Waals surface area (Å²) in [5.41, 5.74) is 5.59. The molecule has 2 heterocycles. The molecule has 1 fully saturated rings. The van der Waals surface area contributed by atoms with Crippen LogP contribution in [0.25, 0.3) is 10.9 Å². The average Bonchev–Trinajstić information content (AvgIpc) is 3.25. The normalized spacial score (nSPS) is 16.7. The van der Waals surface area contributed by atoms with Crippen LogP contribution in [0, 0.1) is 0 Å². The number of benzene rings is 3. The van der Waals surface area contributed by atoms with Crippen molar-refractivity contribution < 1.29 is 0 Å². The van der Waals surface area contributed by atoms with Crippen LogP contribution in [-0.2, 0) is 0 Å². The molecule has 1 atom stereocenters. The highest BCUT2D eigenvalue weighted by atomic mass is 15.1. The van der Waals surface area contributed by atoms with E-state index in [1.54, 1.807) is 0 Å². The number of H-pyrrole nitrogens is 1. The molecule has 152 valence electrons. The van der Waals surface area contributed by atoms with Gasteiger partial charge in [-0.15, -0.1) is 0 Å². The number of aromatic amines is 1. The van der Waals surface area contributed by atoms with Gasteiger partial charge in [-0.1, -0.05) is 78.9 Å². The van der Waals surface area contributed by atoms with Crippen molar-refractivity contribution in [2.45, 2.75) is 31.1 Å². The Morgan fingerprint density at radius 1 is 0.800 bits per heavy atom. The molecule has 5 rings (SSSR count). The first-order valence-corrected chi connectivity index (χ1v) is 11.3. The van der Waals surface area contributed by atoms with Gasteiger partial charge < -0.3 is 9.88 Å². The van der Waals surface area contributed by atoms with E-state index in [0.717, 1.165) is 18.9 Å². The van der Waals surface area contributed by atoms with Crippen LogP contribution >= 0.6 is 0 Å². The van der Waals surface area contributed by atoms with Crippen LogP contribution < -0.4 is 0 Å². The minimum Gasteiger partial charge on any atom is -0.361 e. The number of hydrogen-bond donors (Lipinski definition) is 1. The van der Waals surface area contributed by atoms with Crippen LogP contribution in [-0.4, -0.2) is 29.5 Å². The molecule has 1 aliphatic rings. The summed E-state index contributed by atoms with van der Waals surface area (Å²) in [5, 5.41) is 1.36. The first kappa shape index (κ1) is 19.1. The lowest BCUT2D eigenvalue weighted by Gasteiger charge is -2.33. The Balaban J connectivity index is 1.30. The molecule has 0 radical (unpaired) electrons. The zero-order valence-corrected chi connectivity index (χ0v) is 17.5. The molecular formula is C28H30N2. The fourth-order valence-electron chi connectivity index (χ4n) is 5.10. The third-order valence-electron chi connectivity index (χ3n) is 6.79. The number of nitrogens with one attached hydrogen (secondary N) is 1. The Labute approximate surface area is 179 Å². The van der Waals surface area contributed by atoms with Crippen molar-refractivity contribution in [3.8, 4) is 0 Å². The van der Waals surface area contributed by atoms with Crippen LogP contribution in [0.5, 0.6) is 0 Å². The van der Waals surface area contributed by atoms with Gasteiger partial charge in [0.05, 0.1) is 0 Å². The SMILES string of the molecule is c1ccc(C2CCN(CCC(c3ccccc3)c3c[nH]c4ccccc34)CC2)cc1. The van der Waals surface area contributed by atoms with Gasteiger partial charge in [-0.25, -0.2) is 0 Å². The fraction of sp³-hybridized carbons (Fsp3) is 0.286. The first-order chi connectivity index (χ1) is 14.9. The third kappa shape index (κ3) is 4.06. The van der Waals surface area contributed by atoms with E-state index in [9.17, 15) is 0 Å². The van der Waals surface area contributed by atoms with Crippen molar-refractivity contribution >= 4 is 10.9 Å². The maximum atomic E-state index is 3.49. The smallest absolute Gasteiger partial charge is 0.0457 e. The molecule has 1 aromatic heterocycles. The van der Waals surface area contributed by atoms with Crippen LogP contribution in [0.4, 0.5) is 0 Å². The molecule has 4 aromatic rings. The van der Waals surface area contributed by atoms with Crippen LogP contribution in [0.3, 0.4) is 0 Å². The summed E-state index contributed by atoms with van der Waals surface area (Å²) in [6.45, 7) is 3.56. The lowest BCUT2D eigenvalue weighted by molar-refractivity contribution is 0.208. The standard InChI is InChI=1S/C28H30N2/c1-3-9-22(10-4-1)23-15-18-30(19-16-23)20-17-25(24-11-5-2-6-12-24)27-21-29-28-14-8-7-13-26(27)28/h1-14,21,23,25,29H,15-20H2. The minimum atomic E-state index is 0.425. The quantitative estimate of drug-likeness (QED) is 0.392. The van der Waals surface area contributed by atoms with Crippen LogP contribution in [0.15, 0.2) is 91.1 Å². The molecule has 0 spiro atoms. The van der Waals surface area contributed by atoms with Crippen molar-refractivity contribution in [3.63, 3.8) is 0 Å². The largest absolute Gasteiger partial charge is 0.361 e. The Hall–Kier alpha value is -2.84. The molecule has 1 aliphatic heterocycles. The maximum absolute atomic E-state index is 3.49. The van der Waals surface area contributed by atoms with Gasteiger partial charge in [0.1, 0.15) is 0 Å². The Morgan fingerprint density at radius 3 is 2.23 bits per heavy atom. The number of fused-ring (bicyclic) bond motifs is 1. The van der Waals surface area contributed by atoms with E-state index in [2.05, 4.69) is 101 Å². The molecular weight excluding hydrogens is 364 g/mol. The highest BCUT2D eigenvalue weighted by molar-refractivity contribution is 5.84. The monoisotopic (exact) mass is 394 g/mol. The molecule has 1 unspecified atom stereocenters. The summed E-state index contributed by atoms with van der Waals surface area (Å²) >= 11 is 0. The summed E-state index contributed by atoms with van der Waals surface area (Å²) in [6.07, 6.45) is 5.92. The molecule has 2 nitrogen and oxygen atoms in total. The molecule has 3 aromatic carbocycles. The number of aromatic nitrogens is 1. The van der Waals surface area contributed by atoms with Crippen molar-refractivity contribution in [2.24, 2.45) is 0 Å². The Kier molecular flexibility index (Phi) is 5.67. The fourth-order valence-corrected chi connectivity index (χ4v) is 5.10. The van der Waals surface area contributed by atoms with Crippen LogP contribution in [0.2, 0.25) is 0 Å². The van der Waals surface area contributed by atoms with Crippen molar-refractivity contribution in [1.29, 1.82) is 0 Å². The van der Waals surface area contributed by atoms with Crippen LogP contribution in [0.1, 0.15) is 47.8 Å². The molecule has 0 saturated carbocycles. The van der Waals surface area contributed by atoms with Gasteiger partial charge in [-0.05, 0) is 67.6 Å². The maximum Gasteiger partial charge on any atom is 0.0457 e.